The van der Waals surface area contributed by atoms with E-state index in [1.165, 1.54) is 0 Å². The van der Waals surface area contributed by atoms with Crippen molar-refractivity contribution in [2.75, 3.05) is 26.3 Å². The second-order valence-corrected chi connectivity index (χ2v) is 7.43. The van der Waals surface area contributed by atoms with Crippen LogP contribution in [0.25, 0.3) is 0 Å². The lowest BCUT2D eigenvalue weighted by Crippen LogP contribution is -2.38. The average Bonchev–Trinajstić information content (AvgIpc) is 2.71. The van der Waals surface area contributed by atoms with E-state index in [-0.39, 0.29) is 29.5 Å². The Hall–Kier alpha value is -1.87. The highest BCUT2D eigenvalue weighted by atomic mass is 127. The maximum Gasteiger partial charge on any atom is 0.250 e. The zero-order valence-corrected chi connectivity index (χ0v) is 20.6. The molecule has 0 aliphatic heterocycles. The number of aromatic nitrogens is 1. The molecule has 30 heavy (non-hydrogen) atoms. The maximum atomic E-state index is 11.8. The highest BCUT2D eigenvalue weighted by Gasteiger charge is 2.00. The fraction of sp³-hybridized carbons (Fsp3) is 0.478. The maximum absolute atomic E-state index is 11.8. The number of hydrogen-bond acceptors (Lipinski definition) is 3. The third-order valence-electron chi connectivity index (χ3n) is 4.25. The molecule has 0 radical (unpaired) electrons. The van der Waals surface area contributed by atoms with Gasteiger partial charge < -0.3 is 19.9 Å². The monoisotopic (exact) mass is 526 g/mol. The van der Waals surface area contributed by atoms with Gasteiger partial charge >= 0.3 is 0 Å². The normalized spacial score (nSPS) is 11.3. The molecule has 0 atom stereocenters. The molecule has 6 nitrogen and oxygen atoms in total. The quantitative estimate of drug-likeness (QED) is 0.203. The van der Waals surface area contributed by atoms with Gasteiger partial charge in [-0.1, -0.05) is 44.2 Å². The molecule has 2 aromatic rings. The first-order valence-electron chi connectivity index (χ1n) is 10.4. The summed E-state index contributed by atoms with van der Waals surface area (Å²) in [5.74, 6) is 1.39. The molecule has 0 saturated heterocycles. The Morgan fingerprint density at radius 1 is 1.10 bits per heavy atom. The molecule has 0 bridgehead atoms. The van der Waals surface area contributed by atoms with Gasteiger partial charge in [-0.2, -0.15) is 0 Å². The Balaban J connectivity index is 0.00000450. The number of halogens is 1. The van der Waals surface area contributed by atoms with Gasteiger partial charge in [0.15, 0.2) is 5.96 Å². The van der Waals surface area contributed by atoms with Crippen LogP contribution in [0.1, 0.15) is 38.3 Å². The Labute approximate surface area is 197 Å². The van der Waals surface area contributed by atoms with E-state index in [4.69, 9.17) is 4.74 Å². The number of nitrogens with zero attached hydrogens (tertiary/aromatic N) is 2. The van der Waals surface area contributed by atoms with Crippen molar-refractivity contribution in [3.05, 3.63) is 70.1 Å². The van der Waals surface area contributed by atoms with Crippen LogP contribution in [-0.2, 0) is 17.8 Å². The molecular weight excluding hydrogens is 491 g/mol. The fourth-order valence-electron chi connectivity index (χ4n) is 2.75. The van der Waals surface area contributed by atoms with Crippen molar-refractivity contribution < 1.29 is 4.74 Å². The molecule has 0 unspecified atom stereocenters. The first kappa shape index (κ1) is 26.2. The summed E-state index contributed by atoms with van der Waals surface area (Å²) in [4.78, 5) is 16.5. The zero-order chi connectivity index (χ0) is 20.9. The average molecular weight is 526 g/mol. The second-order valence-electron chi connectivity index (χ2n) is 7.43. The van der Waals surface area contributed by atoms with Gasteiger partial charge in [0.05, 0.1) is 13.1 Å². The molecule has 0 aliphatic carbocycles. The highest BCUT2D eigenvalue weighted by Crippen LogP contribution is 2.07. The Kier molecular flexibility index (Phi) is 13.1. The molecule has 0 fully saturated rings. The van der Waals surface area contributed by atoms with E-state index in [2.05, 4.69) is 60.7 Å². The van der Waals surface area contributed by atoms with Crippen molar-refractivity contribution in [2.24, 2.45) is 10.9 Å². The van der Waals surface area contributed by atoms with Gasteiger partial charge in [-0.25, -0.2) is 4.99 Å². The van der Waals surface area contributed by atoms with Crippen LogP contribution in [0.15, 0.2) is 58.4 Å². The van der Waals surface area contributed by atoms with Gasteiger partial charge in [-0.3, -0.25) is 4.79 Å². The minimum atomic E-state index is 0. The van der Waals surface area contributed by atoms with E-state index in [9.17, 15) is 4.79 Å². The van der Waals surface area contributed by atoms with Crippen LogP contribution < -0.4 is 16.2 Å². The van der Waals surface area contributed by atoms with Gasteiger partial charge in [0.25, 0.3) is 5.56 Å². The Morgan fingerprint density at radius 3 is 2.50 bits per heavy atom. The lowest BCUT2D eigenvalue weighted by atomic mass is 10.1. The van der Waals surface area contributed by atoms with E-state index in [1.54, 1.807) is 16.7 Å². The first-order valence-corrected chi connectivity index (χ1v) is 10.4. The van der Waals surface area contributed by atoms with Gasteiger partial charge in [0.2, 0.25) is 0 Å². The number of benzene rings is 1. The minimum Gasteiger partial charge on any atom is -0.381 e. The molecule has 1 aromatic carbocycles. The number of hydrogen-bond donors (Lipinski definition) is 2. The van der Waals surface area contributed by atoms with Crippen molar-refractivity contribution in [1.29, 1.82) is 0 Å². The molecule has 2 rings (SSSR count). The van der Waals surface area contributed by atoms with Crippen LogP contribution in [0.4, 0.5) is 0 Å². The van der Waals surface area contributed by atoms with Gasteiger partial charge in [0, 0.05) is 38.6 Å². The molecule has 1 aromatic heterocycles. The van der Waals surface area contributed by atoms with Crippen molar-refractivity contribution in [3.8, 4) is 0 Å². The standard InChI is InChI=1S/C23H34N4O2.HI/c1-4-24-23(25-13-7-15-29-18-19(2)3)26-16-20-9-11-21(12-10-20)17-27-14-6-5-8-22(27)28;/h5-6,8-12,14,19H,4,7,13,15-18H2,1-3H3,(H2,24,25,26);1H. The number of aliphatic imine (C=N–C) groups is 1. The molecule has 1 heterocycles. The summed E-state index contributed by atoms with van der Waals surface area (Å²) < 4.78 is 7.31. The Morgan fingerprint density at radius 2 is 1.83 bits per heavy atom. The molecule has 0 aliphatic rings. The van der Waals surface area contributed by atoms with E-state index < -0.39 is 0 Å². The lowest BCUT2D eigenvalue weighted by molar-refractivity contribution is 0.108. The van der Waals surface area contributed by atoms with Crippen molar-refractivity contribution in [1.82, 2.24) is 15.2 Å². The third kappa shape index (κ3) is 10.2. The minimum absolute atomic E-state index is 0. The Bertz CT molecular complexity index is 803. The summed E-state index contributed by atoms with van der Waals surface area (Å²) in [7, 11) is 0. The highest BCUT2D eigenvalue weighted by molar-refractivity contribution is 14.0. The smallest absolute Gasteiger partial charge is 0.250 e. The number of nitrogens with one attached hydrogen (secondary N) is 2. The van der Waals surface area contributed by atoms with E-state index in [0.29, 0.717) is 19.0 Å². The van der Waals surface area contributed by atoms with Crippen LogP contribution in [-0.4, -0.2) is 36.8 Å². The van der Waals surface area contributed by atoms with Crippen LogP contribution >= 0.6 is 24.0 Å². The molecule has 166 valence electrons. The number of ether oxygens (including phenoxy) is 1. The van der Waals surface area contributed by atoms with E-state index in [0.717, 1.165) is 49.8 Å². The summed E-state index contributed by atoms with van der Waals surface area (Å²) in [6.07, 6.45) is 2.76. The zero-order valence-electron chi connectivity index (χ0n) is 18.3. The predicted octanol–water partition coefficient (Wildman–Crippen LogP) is 3.63. The van der Waals surface area contributed by atoms with Crippen LogP contribution in [0, 0.1) is 5.92 Å². The lowest BCUT2D eigenvalue weighted by Gasteiger charge is -2.12. The first-order chi connectivity index (χ1) is 14.1. The fourth-order valence-corrected chi connectivity index (χ4v) is 2.75. The number of guanidine groups is 1. The third-order valence-corrected chi connectivity index (χ3v) is 4.25. The summed E-state index contributed by atoms with van der Waals surface area (Å²) >= 11 is 0. The van der Waals surface area contributed by atoms with Crippen molar-refractivity contribution >= 4 is 29.9 Å². The summed E-state index contributed by atoms with van der Waals surface area (Å²) in [6.45, 7) is 10.8. The van der Waals surface area contributed by atoms with E-state index in [1.807, 2.05) is 12.3 Å². The molecule has 0 saturated carbocycles. The molecule has 2 N–H and O–H groups in total. The topological polar surface area (TPSA) is 67.7 Å². The van der Waals surface area contributed by atoms with Crippen LogP contribution in [0.2, 0.25) is 0 Å². The van der Waals surface area contributed by atoms with Crippen LogP contribution in [0.3, 0.4) is 0 Å². The molecule has 7 heteroatoms. The van der Waals surface area contributed by atoms with Crippen molar-refractivity contribution in [2.45, 2.75) is 40.3 Å². The van der Waals surface area contributed by atoms with Gasteiger partial charge in [-0.05, 0) is 36.5 Å². The second kappa shape index (κ2) is 15.0. The number of rotatable bonds is 11. The summed E-state index contributed by atoms with van der Waals surface area (Å²) in [5, 5.41) is 6.62. The molecule has 0 spiro atoms. The SMILES string of the molecule is CCNC(=NCc1ccc(Cn2ccccc2=O)cc1)NCCCOCC(C)C.I. The number of pyridine rings is 1. The molecule has 0 amide bonds. The summed E-state index contributed by atoms with van der Waals surface area (Å²) in [6, 6.07) is 13.4. The predicted molar refractivity (Wildman–Crippen MR) is 135 cm³/mol. The summed E-state index contributed by atoms with van der Waals surface area (Å²) in [5.41, 5.74) is 2.24. The van der Waals surface area contributed by atoms with Crippen molar-refractivity contribution in [3.63, 3.8) is 0 Å². The largest absolute Gasteiger partial charge is 0.381 e. The van der Waals surface area contributed by atoms with Crippen LogP contribution in [0.5, 0.6) is 0 Å². The van der Waals surface area contributed by atoms with Gasteiger partial charge in [-0.15, -0.1) is 24.0 Å². The molecular formula is C23H35IN4O2. The van der Waals surface area contributed by atoms with Gasteiger partial charge in [0.1, 0.15) is 0 Å². The van der Waals surface area contributed by atoms with E-state index >= 15 is 0 Å².